The molecule has 0 N–H and O–H groups in total. The highest BCUT2D eigenvalue weighted by Crippen LogP contribution is 2.33. The second-order valence-electron chi connectivity index (χ2n) is 3.86. The van der Waals surface area contributed by atoms with Gasteiger partial charge in [0.25, 0.3) is 0 Å². The fraction of sp³-hybridized carbons (Fsp3) is 0.0769. The normalized spacial score (nSPS) is 11.4. The number of carbonyl (C=O) groups excluding carboxylic acids is 1. The number of nitrogens with zero attached hydrogens (tertiary/aromatic N) is 1. The molecule has 0 spiro atoms. The number of aromatic nitrogens is 1. The average molecular weight is 409 g/mol. The lowest BCUT2D eigenvalue weighted by atomic mass is 10.0. The van der Waals surface area contributed by atoms with Gasteiger partial charge in [-0.15, -0.1) is 0 Å². The molecule has 2 aromatic rings. The summed E-state index contributed by atoms with van der Waals surface area (Å²) in [5.41, 5.74) is -1.46. The fourth-order valence-corrected chi connectivity index (χ4v) is 2.81. The smallest absolute Gasteiger partial charge is 0.287 e. The van der Waals surface area contributed by atoms with Gasteiger partial charge in [-0.1, -0.05) is 18.2 Å². The van der Waals surface area contributed by atoms with Gasteiger partial charge >= 0.3 is 6.18 Å². The van der Waals surface area contributed by atoms with Gasteiger partial charge in [0.1, 0.15) is 5.69 Å². The van der Waals surface area contributed by atoms with Crippen LogP contribution in [0.1, 0.15) is 21.6 Å². The van der Waals surface area contributed by atoms with Crippen molar-refractivity contribution in [2.24, 2.45) is 0 Å². The molecule has 0 fully saturated rings. The zero-order valence-electron chi connectivity index (χ0n) is 9.71. The zero-order valence-corrected chi connectivity index (χ0v) is 12.9. The van der Waals surface area contributed by atoms with Crippen LogP contribution < -0.4 is 0 Å². The van der Waals surface area contributed by atoms with E-state index >= 15 is 0 Å². The minimum absolute atomic E-state index is 0.0649. The first kappa shape index (κ1) is 15.2. The molecule has 20 heavy (non-hydrogen) atoms. The number of hydrogen-bond donors (Lipinski definition) is 0. The number of alkyl halides is 3. The van der Waals surface area contributed by atoms with Crippen molar-refractivity contribution in [3.8, 4) is 0 Å². The lowest BCUT2D eigenvalue weighted by Gasteiger charge is -2.12. The summed E-state index contributed by atoms with van der Waals surface area (Å²) in [6.45, 7) is 0. The highest BCUT2D eigenvalue weighted by molar-refractivity contribution is 9.11. The third-order valence-electron chi connectivity index (χ3n) is 2.50. The number of rotatable bonds is 2. The van der Waals surface area contributed by atoms with Crippen molar-refractivity contribution in [3.05, 3.63) is 62.3 Å². The fourth-order valence-electron chi connectivity index (χ4n) is 1.64. The standard InChI is InChI=1S/C13H6Br2F3NO/c14-7-5-10(15)11(19-6-7)12(20)8-3-1-2-4-9(8)13(16,17)18/h1-6H. The summed E-state index contributed by atoms with van der Waals surface area (Å²) in [5.74, 6) is -0.780. The molecule has 0 saturated carbocycles. The monoisotopic (exact) mass is 407 g/mol. The summed E-state index contributed by atoms with van der Waals surface area (Å²) < 4.78 is 39.6. The van der Waals surface area contributed by atoms with Crippen molar-refractivity contribution >= 4 is 37.6 Å². The number of benzene rings is 1. The Morgan fingerprint density at radius 1 is 1.15 bits per heavy atom. The second kappa shape index (κ2) is 5.65. The highest BCUT2D eigenvalue weighted by atomic mass is 79.9. The van der Waals surface area contributed by atoms with Crippen molar-refractivity contribution in [3.63, 3.8) is 0 Å². The van der Waals surface area contributed by atoms with E-state index in [0.717, 1.165) is 12.1 Å². The van der Waals surface area contributed by atoms with Crippen molar-refractivity contribution < 1.29 is 18.0 Å². The predicted octanol–water partition coefficient (Wildman–Crippen LogP) is 4.86. The van der Waals surface area contributed by atoms with Crippen LogP contribution in [0, 0.1) is 0 Å². The van der Waals surface area contributed by atoms with Crippen LogP contribution in [0.2, 0.25) is 0 Å². The van der Waals surface area contributed by atoms with Crippen LogP contribution in [0.3, 0.4) is 0 Å². The third kappa shape index (κ3) is 3.09. The third-order valence-corrected chi connectivity index (χ3v) is 3.54. The summed E-state index contributed by atoms with van der Waals surface area (Å²) in [6.07, 6.45) is -3.23. The number of halogens is 5. The van der Waals surface area contributed by atoms with Crippen molar-refractivity contribution in [1.82, 2.24) is 4.98 Å². The van der Waals surface area contributed by atoms with E-state index in [0.29, 0.717) is 8.95 Å². The molecule has 7 heteroatoms. The van der Waals surface area contributed by atoms with Crippen LogP contribution in [-0.2, 0) is 6.18 Å². The van der Waals surface area contributed by atoms with Crippen LogP contribution in [0.5, 0.6) is 0 Å². The Morgan fingerprint density at radius 3 is 2.40 bits per heavy atom. The molecule has 0 aliphatic rings. The topological polar surface area (TPSA) is 30.0 Å². The van der Waals surface area contributed by atoms with Gasteiger partial charge in [-0.3, -0.25) is 9.78 Å². The van der Waals surface area contributed by atoms with Gasteiger partial charge in [0.15, 0.2) is 0 Å². The SMILES string of the molecule is O=C(c1ccccc1C(F)(F)F)c1ncc(Br)cc1Br. The van der Waals surface area contributed by atoms with Gasteiger partial charge in [-0.25, -0.2) is 0 Å². The minimum Gasteiger partial charge on any atom is -0.287 e. The number of carbonyl (C=O) groups is 1. The lowest BCUT2D eigenvalue weighted by molar-refractivity contribution is -0.137. The van der Waals surface area contributed by atoms with E-state index < -0.39 is 23.1 Å². The van der Waals surface area contributed by atoms with E-state index in [9.17, 15) is 18.0 Å². The van der Waals surface area contributed by atoms with Crippen LogP contribution in [0.15, 0.2) is 45.5 Å². The van der Waals surface area contributed by atoms with Crippen LogP contribution in [0.4, 0.5) is 13.2 Å². The molecule has 1 heterocycles. The number of ketones is 1. The molecule has 0 bridgehead atoms. The maximum Gasteiger partial charge on any atom is 0.417 e. The molecule has 0 saturated heterocycles. The van der Waals surface area contributed by atoms with Crippen LogP contribution in [-0.4, -0.2) is 10.8 Å². The number of pyridine rings is 1. The van der Waals surface area contributed by atoms with Gasteiger partial charge < -0.3 is 0 Å². The Bertz CT molecular complexity index is 671. The summed E-state index contributed by atoms with van der Waals surface area (Å²) in [4.78, 5) is 16.1. The summed E-state index contributed by atoms with van der Waals surface area (Å²) >= 11 is 6.29. The van der Waals surface area contributed by atoms with Crippen LogP contribution >= 0.6 is 31.9 Å². The van der Waals surface area contributed by atoms with E-state index in [-0.39, 0.29) is 5.69 Å². The van der Waals surface area contributed by atoms with Gasteiger partial charge in [-0.2, -0.15) is 13.2 Å². The Kier molecular flexibility index (Phi) is 4.29. The zero-order chi connectivity index (χ0) is 14.9. The first-order valence-electron chi connectivity index (χ1n) is 5.32. The molecule has 1 aromatic carbocycles. The van der Waals surface area contributed by atoms with Crippen molar-refractivity contribution in [2.75, 3.05) is 0 Å². The predicted molar refractivity (Wildman–Crippen MR) is 74.5 cm³/mol. The largest absolute Gasteiger partial charge is 0.417 e. The van der Waals surface area contributed by atoms with E-state index in [1.807, 2.05) is 0 Å². The Hall–Kier alpha value is -1.21. The minimum atomic E-state index is -4.59. The summed E-state index contributed by atoms with van der Waals surface area (Å²) in [7, 11) is 0. The number of hydrogen-bond acceptors (Lipinski definition) is 2. The maximum absolute atomic E-state index is 12.9. The van der Waals surface area contributed by atoms with E-state index in [1.165, 1.54) is 18.3 Å². The molecule has 0 unspecified atom stereocenters. The van der Waals surface area contributed by atoms with Gasteiger partial charge in [0.05, 0.1) is 5.56 Å². The molecule has 2 nitrogen and oxygen atoms in total. The molecule has 0 atom stereocenters. The molecule has 104 valence electrons. The first-order chi connectivity index (χ1) is 9.30. The summed E-state index contributed by atoms with van der Waals surface area (Å²) in [6, 6.07) is 6.19. The van der Waals surface area contributed by atoms with E-state index in [1.54, 1.807) is 6.07 Å². The Morgan fingerprint density at radius 2 is 1.80 bits per heavy atom. The van der Waals surface area contributed by atoms with Crippen molar-refractivity contribution in [1.29, 1.82) is 0 Å². The van der Waals surface area contributed by atoms with Crippen LogP contribution in [0.25, 0.3) is 0 Å². The molecule has 0 amide bonds. The summed E-state index contributed by atoms with van der Waals surface area (Å²) in [5, 5.41) is 0. The Labute approximate surface area is 129 Å². The average Bonchev–Trinajstić information content (AvgIpc) is 2.37. The quantitative estimate of drug-likeness (QED) is 0.664. The molecular formula is C13H6Br2F3NO. The van der Waals surface area contributed by atoms with Gasteiger partial charge in [0.2, 0.25) is 5.78 Å². The molecule has 0 aliphatic carbocycles. The maximum atomic E-state index is 12.9. The highest BCUT2D eigenvalue weighted by Gasteiger charge is 2.35. The molecule has 0 aliphatic heterocycles. The lowest BCUT2D eigenvalue weighted by Crippen LogP contribution is -2.14. The molecule has 2 rings (SSSR count). The molecular weight excluding hydrogens is 403 g/mol. The van der Waals surface area contributed by atoms with Gasteiger partial charge in [0, 0.05) is 20.7 Å². The first-order valence-corrected chi connectivity index (χ1v) is 6.91. The molecule has 1 aromatic heterocycles. The Balaban J connectivity index is 2.55. The van der Waals surface area contributed by atoms with E-state index in [4.69, 9.17) is 0 Å². The van der Waals surface area contributed by atoms with Gasteiger partial charge in [-0.05, 0) is 44.0 Å². The van der Waals surface area contributed by atoms with E-state index in [2.05, 4.69) is 36.8 Å². The second-order valence-corrected chi connectivity index (χ2v) is 5.63. The van der Waals surface area contributed by atoms with Crippen molar-refractivity contribution in [2.45, 2.75) is 6.18 Å². The molecule has 0 radical (unpaired) electrons.